The number of carboxylic acid groups (broad SMARTS) is 1. The van der Waals surface area contributed by atoms with Gasteiger partial charge in [-0.2, -0.15) is 4.31 Å². The van der Waals surface area contributed by atoms with Crippen LogP contribution in [0.3, 0.4) is 0 Å². The number of carbonyl (C=O) groups excluding carboxylic acids is 1. The smallest absolute Gasteiger partial charge is 0.310 e. The molecule has 0 aromatic carbocycles. The van der Waals surface area contributed by atoms with E-state index in [0.717, 1.165) is 6.26 Å². The highest BCUT2D eigenvalue weighted by Gasteiger charge is 2.56. The van der Waals surface area contributed by atoms with E-state index in [1.165, 1.54) is 4.31 Å². The number of hydrogen-bond donors (Lipinski definition) is 1. The maximum Gasteiger partial charge on any atom is 0.310 e. The minimum absolute atomic E-state index is 0.215. The molecule has 9 heteroatoms. The number of fused-ring (bicyclic) bond motifs is 2. The van der Waals surface area contributed by atoms with Crippen LogP contribution in [0.1, 0.15) is 12.8 Å². The third kappa shape index (κ3) is 2.61. The van der Waals surface area contributed by atoms with Gasteiger partial charge in [0.2, 0.25) is 15.9 Å². The number of carboxylic acids is 1. The van der Waals surface area contributed by atoms with Gasteiger partial charge in [0, 0.05) is 26.2 Å². The summed E-state index contributed by atoms with van der Waals surface area (Å²) in [7, 11) is -3.25. The minimum Gasteiger partial charge on any atom is -0.481 e. The maximum absolute atomic E-state index is 12.7. The standard InChI is InChI=1S/C13H20N2O6S/c1-22(19,20)15-6-4-14(5-7-15)12(16)10-8-2-3-9(21-8)11(10)13(17)18/h8-11H,2-7H2,1H3,(H,17,18)/t8-,9-,10+,11-/m1/s1. The van der Waals surface area contributed by atoms with Gasteiger partial charge in [-0.15, -0.1) is 0 Å². The molecule has 0 aromatic rings. The predicted molar refractivity (Wildman–Crippen MR) is 75.5 cm³/mol. The Balaban J connectivity index is 1.69. The zero-order valence-corrected chi connectivity index (χ0v) is 13.2. The van der Waals surface area contributed by atoms with Gasteiger partial charge in [-0.1, -0.05) is 0 Å². The van der Waals surface area contributed by atoms with Crippen LogP contribution >= 0.6 is 0 Å². The summed E-state index contributed by atoms with van der Waals surface area (Å²) < 4.78 is 29.9. The fourth-order valence-electron chi connectivity index (χ4n) is 3.76. The lowest BCUT2D eigenvalue weighted by Gasteiger charge is -2.36. The number of nitrogens with zero attached hydrogens (tertiary/aromatic N) is 2. The van der Waals surface area contributed by atoms with Gasteiger partial charge in [-0.05, 0) is 12.8 Å². The highest BCUT2D eigenvalue weighted by molar-refractivity contribution is 7.88. The van der Waals surface area contributed by atoms with Crippen molar-refractivity contribution in [3.8, 4) is 0 Å². The molecule has 0 saturated carbocycles. The second kappa shape index (κ2) is 5.47. The van der Waals surface area contributed by atoms with Gasteiger partial charge in [-0.3, -0.25) is 9.59 Å². The average molecular weight is 332 g/mol. The Morgan fingerprint density at radius 2 is 1.59 bits per heavy atom. The molecule has 0 spiro atoms. The third-order valence-corrected chi connectivity index (χ3v) is 6.17. The van der Waals surface area contributed by atoms with Gasteiger partial charge in [0.05, 0.1) is 30.3 Å². The normalized spacial score (nSPS) is 35.8. The molecular formula is C13H20N2O6S. The zero-order valence-electron chi connectivity index (χ0n) is 12.3. The summed E-state index contributed by atoms with van der Waals surface area (Å²) in [6.45, 7) is 1.10. The number of aliphatic carboxylic acids is 1. The highest BCUT2D eigenvalue weighted by atomic mass is 32.2. The van der Waals surface area contributed by atoms with Crippen molar-refractivity contribution in [2.24, 2.45) is 11.8 Å². The first kappa shape index (κ1) is 15.7. The second-order valence-electron chi connectivity index (χ2n) is 6.17. The summed E-state index contributed by atoms with van der Waals surface area (Å²) in [6, 6.07) is 0. The van der Waals surface area contributed by atoms with E-state index in [1.54, 1.807) is 4.90 Å². The molecule has 3 fully saturated rings. The van der Waals surface area contributed by atoms with Gasteiger partial charge in [-0.25, -0.2) is 8.42 Å². The van der Waals surface area contributed by atoms with Crippen LogP contribution in [-0.2, 0) is 24.3 Å². The molecule has 1 amide bonds. The lowest BCUT2D eigenvalue weighted by atomic mass is 9.78. The Bertz CT molecular complexity index is 583. The van der Waals surface area contributed by atoms with Crippen LogP contribution in [0.25, 0.3) is 0 Å². The van der Waals surface area contributed by atoms with E-state index in [4.69, 9.17) is 4.74 Å². The van der Waals surface area contributed by atoms with Gasteiger partial charge < -0.3 is 14.7 Å². The van der Waals surface area contributed by atoms with Crippen molar-refractivity contribution < 1.29 is 27.9 Å². The van der Waals surface area contributed by atoms with Crippen molar-refractivity contribution in [3.63, 3.8) is 0 Å². The molecule has 124 valence electrons. The molecule has 3 aliphatic rings. The van der Waals surface area contributed by atoms with E-state index >= 15 is 0 Å². The zero-order chi connectivity index (χ0) is 16.1. The molecule has 2 bridgehead atoms. The van der Waals surface area contributed by atoms with Crippen LogP contribution in [-0.4, -0.2) is 79.2 Å². The number of rotatable bonds is 3. The SMILES string of the molecule is CS(=O)(=O)N1CCN(C(=O)[C@@H]2[C@H](C(=O)O)[C@H]3CC[C@H]2O3)CC1. The summed E-state index contributed by atoms with van der Waals surface area (Å²) in [5.41, 5.74) is 0. The van der Waals surface area contributed by atoms with E-state index < -0.39 is 27.8 Å². The van der Waals surface area contributed by atoms with Crippen LogP contribution in [0.15, 0.2) is 0 Å². The van der Waals surface area contributed by atoms with Crippen molar-refractivity contribution in [1.82, 2.24) is 9.21 Å². The van der Waals surface area contributed by atoms with Gasteiger partial charge in [0.1, 0.15) is 0 Å². The van der Waals surface area contributed by atoms with Crippen molar-refractivity contribution in [1.29, 1.82) is 0 Å². The molecule has 0 aromatic heterocycles. The molecule has 3 aliphatic heterocycles. The van der Waals surface area contributed by atoms with Gasteiger partial charge in [0.15, 0.2) is 0 Å². The first-order valence-corrected chi connectivity index (χ1v) is 9.26. The largest absolute Gasteiger partial charge is 0.481 e. The van der Waals surface area contributed by atoms with E-state index in [1.807, 2.05) is 0 Å². The number of piperazine rings is 1. The summed E-state index contributed by atoms with van der Waals surface area (Å²) in [4.78, 5) is 25.7. The summed E-state index contributed by atoms with van der Waals surface area (Å²) in [6.07, 6.45) is 1.87. The highest BCUT2D eigenvalue weighted by Crippen LogP contribution is 2.44. The Morgan fingerprint density at radius 1 is 1.05 bits per heavy atom. The minimum atomic E-state index is -3.25. The summed E-state index contributed by atoms with van der Waals surface area (Å²) in [5.74, 6) is -2.62. The Kier molecular flexibility index (Phi) is 3.90. The molecule has 22 heavy (non-hydrogen) atoms. The van der Waals surface area contributed by atoms with Crippen molar-refractivity contribution in [2.45, 2.75) is 25.0 Å². The molecule has 0 unspecified atom stereocenters. The fraction of sp³-hybridized carbons (Fsp3) is 0.846. The summed E-state index contributed by atoms with van der Waals surface area (Å²) >= 11 is 0. The van der Waals surface area contributed by atoms with E-state index in [9.17, 15) is 23.1 Å². The molecule has 0 aliphatic carbocycles. The topological polar surface area (TPSA) is 104 Å². The van der Waals surface area contributed by atoms with E-state index in [0.29, 0.717) is 25.9 Å². The quantitative estimate of drug-likeness (QED) is 0.708. The molecule has 4 atom stereocenters. The third-order valence-electron chi connectivity index (χ3n) is 4.86. The number of ether oxygens (including phenoxy) is 1. The monoisotopic (exact) mass is 332 g/mol. The number of amides is 1. The molecule has 3 rings (SSSR count). The summed E-state index contributed by atoms with van der Waals surface area (Å²) in [5, 5.41) is 9.36. The van der Waals surface area contributed by atoms with Crippen molar-refractivity contribution >= 4 is 21.9 Å². The van der Waals surface area contributed by atoms with Crippen molar-refractivity contribution in [3.05, 3.63) is 0 Å². The second-order valence-corrected chi connectivity index (χ2v) is 8.15. The molecule has 3 saturated heterocycles. The van der Waals surface area contributed by atoms with E-state index in [-0.39, 0.29) is 31.2 Å². The van der Waals surface area contributed by atoms with Crippen LogP contribution < -0.4 is 0 Å². The molecule has 3 heterocycles. The van der Waals surface area contributed by atoms with Crippen molar-refractivity contribution in [2.75, 3.05) is 32.4 Å². The number of hydrogen-bond acceptors (Lipinski definition) is 5. The maximum atomic E-state index is 12.7. The van der Waals surface area contributed by atoms with Gasteiger partial charge >= 0.3 is 5.97 Å². The molecular weight excluding hydrogens is 312 g/mol. The van der Waals surface area contributed by atoms with Crippen LogP contribution in [0.2, 0.25) is 0 Å². The number of sulfonamides is 1. The van der Waals surface area contributed by atoms with Crippen LogP contribution in [0.4, 0.5) is 0 Å². The molecule has 0 radical (unpaired) electrons. The first-order valence-electron chi connectivity index (χ1n) is 7.41. The average Bonchev–Trinajstić information content (AvgIpc) is 3.06. The van der Waals surface area contributed by atoms with Gasteiger partial charge in [0.25, 0.3) is 0 Å². The Morgan fingerprint density at radius 3 is 2.09 bits per heavy atom. The van der Waals surface area contributed by atoms with E-state index in [2.05, 4.69) is 0 Å². The Hall–Kier alpha value is -1.19. The molecule has 1 N–H and O–H groups in total. The van der Waals surface area contributed by atoms with Crippen LogP contribution in [0, 0.1) is 11.8 Å². The molecule has 8 nitrogen and oxygen atoms in total. The van der Waals surface area contributed by atoms with Crippen LogP contribution in [0.5, 0.6) is 0 Å². The lowest BCUT2D eigenvalue weighted by Crippen LogP contribution is -2.54. The Labute approximate surface area is 129 Å². The lowest BCUT2D eigenvalue weighted by molar-refractivity contribution is -0.151. The first-order chi connectivity index (χ1) is 10.3. The fourth-order valence-corrected chi connectivity index (χ4v) is 4.58. The predicted octanol–water partition coefficient (Wildman–Crippen LogP) is -1.03. The number of carbonyl (C=O) groups is 2.